The number of aromatic nitrogens is 4. The lowest BCUT2D eigenvalue weighted by atomic mass is 10.0. The van der Waals surface area contributed by atoms with Gasteiger partial charge in [-0.05, 0) is 60.9 Å². The van der Waals surface area contributed by atoms with Gasteiger partial charge < -0.3 is 4.90 Å². The molecule has 2 aromatic rings. The Hall–Kier alpha value is -1.98. The number of sulfonamides is 1. The highest BCUT2D eigenvalue weighted by Crippen LogP contribution is 2.31. The Morgan fingerprint density at radius 3 is 2.75 bits per heavy atom. The van der Waals surface area contributed by atoms with Crippen molar-refractivity contribution in [1.29, 1.82) is 0 Å². The second-order valence-corrected chi connectivity index (χ2v) is 10.1. The molecule has 0 fully saturated rings. The van der Waals surface area contributed by atoms with E-state index >= 15 is 0 Å². The van der Waals surface area contributed by atoms with Crippen LogP contribution in [0.5, 0.6) is 0 Å². The monoisotopic (exact) mass is 424 g/mol. The Labute approximate surface area is 169 Å². The molecule has 0 saturated heterocycles. The summed E-state index contributed by atoms with van der Waals surface area (Å²) < 4.78 is 27.6. The lowest BCUT2D eigenvalue weighted by molar-refractivity contribution is -0.116. The summed E-state index contributed by atoms with van der Waals surface area (Å²) >= 11 is 1.30. The van der Waals surface area contributed by atoms with Crippen molar-refractivity contribution >= 4 is 33.4 Å². The number of carbonyl (C=O) groups is 1. The first-order chi connectivity index (χ1) is 13.2. The van der Waals surface area contributed by atoms with Crippen molar-refractivity contribution in [1.82, 2.24) is 24.5 Å². The Balaban J connectivity index is 1.78. The van der Waals surface area contributed by atoms with Gasteiger partial charge in [-0.2, -0.15) is 0 Å². The molecule has 1 aromatic heterocycles. The second-order valence-electron chi connectivity index (χ2n) is 7.02. The molecule has 0 saturated carbocycles. The summed E-state index contributed by atoms with van der Waals surface area (Å²) in [7, 11) is -0.487. The zero-order chi connectivity index (χ0) is 20.5. The van der Waals surface area contributed by atoms with Crippen LogP contribution >= 0.6 is 11.8 Å². The van der Waals surface area contributed by atoms with Gasteiger partial charge in [0, 0.05) is 26.3 Å². The molecule has 0 bridgehead atoms. The van der Waals surface area contributed by atoms with Crippen LogP contribution in [0.25, 0.3) is 0 Å². The van der Waals surface area contributed by atoms with Crippen molar-refractivity contribution in [2.45, 2.75) is 42.8 Å². The van der Waals surface area contributed by atoms with Gasteiger partial charge in [-0.15, -0.1) is 5.10 Å². The Morgan fingerprint density at radius 2 is 2.07 bits per heavy atom. The third-order valence-corrected chi connectivity index (χ3v) is 7.25. The highest BCUT2D eigenvalue weighted by molar-refractivity contribution is 7.99. The SMILES string of the molecule is CC(C)n1nnnc1SCC(=O)N1CCCc2cc(S(=O)(=O)N(C)C)ccc21. The van der Waals surface area contributed by atoms with E-state index in [2.05, 4.69) is 15.5 Å². The lowest BCUT2D eigenvalue weighted by Gasteiger charge is -2.30. The van der Waals surface area contributed by atoms with Gasteiger partial charge in [-0.1, -0.05) is 11.8 Å². The maximum atomic E-state index is 12.8. The van der Waals surface area contributed by atoms with E-state index in [0.717, 1.165) is 24.1 Å². The molecular weight excluding hydrogens is 400 g/mol. The fourth-order valence-corrected chi connectivity index (χ4v) is 4.85. The van der Waals surface area contributed by atoms with E-state index in [1.54, 1.807) is 27.8 Å². The quantitative estimate of drug-likeness (QED) is 0.649. The van der Waals surface area contributed by atoms with Gasteiger partial charge >= 0.3 is 0 Å². The van der Waals surface area contributed by atoms with E-state index in [9.17, 15) is 13.2 Å². The third kappa shape index (κ3) is 4.06. The molecule has 1 aromatic carbocycles. The van der Waals surface area contributed by atoms with Crippen LogP contribution in [0.3, 0.4) is 0 Å². The number of hydrogen-bond acceptors (Lipinski definition) is 7. The molecule has 28 heavy (non-hydrogen) atoms. The zero-order valence-electron chi connectivity index (χ0n) is 16.4. The summed E-state index contributed by atoms with van der Waals surface area (Å²) in [6.07, 6.45) is 1.53. The van der Waals surface area contributed by atoms with Crippen molar-refractivity contribution in [2.75, 3.05) is 31.3 Å². The molecule has 0 unspecified atom stereocenters. The maximum Gasteiger partial charge on any atom is 0.242 e. The van der Waals surface area contributed by atoms with Gasteiger partial charge in [0.05, 0.1) is 16.7 Å². The summed E-state index contributed by atoms with van der Waals surface area (Å²) in [5.41, 5.74) is 1.65. The predicted molar refractivity (Wildman–Crippen MR) is 107 cm³/mol. The minimum absolute atomic E-state index is 0.0486. The van der Waals surface area contributed by atoms with Crippen LogP contribution in [0.15, 0.2) is 28.3 Å². The van der Waals surface area contributed by atoms with Crippen molar-refractivity contribution in [3.63, 3.8) is 0 Å². The summed E-state index contributed by atoms with van der Waals surface area (Å²) in [6, 6.07) is 5.08. The van der Waals surface area contributed by atoms with Gasteiger partial charge in [0.15, 0.2) is 0 Å². The molecule has 0 radical (unpaired) electrons. The number of carbonyl (C=O) groups excluding carboxylic acids is 1. The molecule has 11 heteroatoms. The normalized spacial score (nSPS) is 14.6. The predicted octanol–water partition coefficient (Wildman–Crippen LogP) is 1.58. The molecule has 0 N–H and O–H groups in total. The van der Waals surface area contributed by atoms with Crippen molar-refractivity contribution in [3.8, 4) is 0 Å². The minimum atomic E-state index is -3.50. The first kappa shape index (κ1) is 20.7. The summed E-state index contributed by atoms with van der Waals surface area (Å²) in [6.45, 7) is 4.56. The van der Waals surface area contributed by atoms with Crippen LogP contribution in [-0.4, -0.2) is 65.2 Å². The van der Waals surface area contributed by atoms with Crippen LogP contribution in [0.2, 0.25) is 0 Å². The lowest BCUT2D eigenvalue weighted by Crippen LogP contribution is -2.37. The molecule has 0 spiro atoms. The van der Waals surface area contributed by atoms with Gasteiger partial charge in [-0.3, -0.25) is 4.79 Å². The van der Waals surface area contributed by atoms with E-state index in [-0.39, 0.29) is 22.6 Å². The van der Waals surface area contributed by atoms with Crippen LogP contribution in [0.1, 0.15) is 31.9 Å². The highest BCUT2D eigenvalue weighted by Gasteiger charge is 2.26. The number of aryl methyl sites for hydroxylation is 1. The Morgan fingerprint density at radius 1 is 1.32 bits per heavy atom. The highest BCUT2D eigenvalue weighted by atomic mass is 32.2. The Bertz CT molecular complexity index is 971. The van der Waals surface area contributed by atoms with Gasteiger partial charge in [0.2, 0.25) is 21.1 Å². The number of thioether (sulfide) groups is 1. The molecule has 1 aliphatic rings. The number of benzene rings is 1. The standard InChI is InChI=1S/C17H24N6O3S2/c1-12(2)23-17(18-19-20-23)27-11-16(24)22-9-5-6-13-10-14(7-8-15(13)22)28(25,26)21(3)4/h7-8,10,12H,5-6,9,11H2,1-4H3. The Kier molecular flexibility index (Phi) is 6.06. The van der Waals surface area contributed by atoms with Gasteiger partial charge in [-0.25, -0.2) is 17.4 Å². The van der Waals surface area contributed by atoms with Crippen LogP contribution < -0.4 is 4.90 Å². The summed E-state index contributed by atoms with van der Waals surface area (Å²) in [5.74, 6) is 0.164. The first-order valence-corrected chi connectivity index (χ1v) is 11.4. The van der Waals surface area contributed by atoms with E-state index in [1.807, 2.05) is 13.8 Å². The average molecular weight is 425 g/mol. The number of amides is 1. The number of tetrazole rings is 1. The third-order valence-electron chi connectivity index (χ3n) is 4.53. The van der Waals surface area contributed by atoms with E-state index < -0.39 is 10.0 Å². The van der Waals surface area contributed by atoms with Crippen LogP contribution in [0.4, 0.5) is 5.69 Å². The maximum absolute atomic E-state index is 12.8. The van der Waals surface area contributed by atoms with E-state index in [1.165, 1.54) is 30.2 Å². The molecule has 1 aliphatic heterocycles. The largest absolute Gasteiger partial charge is 0.311 e. The van der Waals surface area contributed by atoms with Crippen LogP contribution in [0, 0.1) is 0 Å². The minimum Gasteiger partial charge on any atom is -0.311 e. The number of fused-ring (bicyclic) bond motifs is 1. The van der Waals surface area contributed by atoms with Crippen molar-refractivity contribution in [2.24, 2.45) is 0 Å². The van der Waals surface area contributed by atoms with E-state index in [0.29, 0.717) is 11.7 Å². The fourth-order valence-electron chi connectivity index (χ4n) is 3.01. The average Bonchev–Trinajstić information content (AvgIpc) is 3.14. The second kappa shape index (κ2) is 8.18. The topological polar surface area (TPSA) is 101 Å². The molecule has 9 nitrogen and oxygen atoms in total. The molecule has 3 rings (SSSR count). The number of rotatable bonds is 6. The number of anilines is 1. The van der Waals surface area contributed by atoms with Gasteiger partial charge in [0.25, 0.3) is 0 Å². The zero-order valence-corrected chi connectivity index (χ0v) is 18.0. The molecular formula is C17H24N6O3S2. The summed E-state index contributed by atoms with van der Waals surface area (Å²) in [4.78, 5) is 14.8. The molecule has 152 valence electrons. The molecule has 0 aliphatic carbocycles. The van der Waals surface area contributed by atoms with Crippen molar-refractivity contribution < 1.29 is 13.2 Å². The molecule has 1 amide bonds. The molecule has 0 atom stereocenters. The number of hydrogen-bond donors (Lipinski definition) is 0. The van der Waals surface area contributed by atoms with E-state index in [4.69, 9.17) is 0 Å². The van der Waals surface area contributed by atoms with Crippen LogP contribution in [-0.2, 0) is 21.2 Å². The number of nitrogens with zero attached hydrogens (tertiary/aromatic N) is 6. The molecule has 2 heterocycles. The first-order valence-electron chi connectivity index (χ1n) is 8.98. The fraction of sp³-hybridized carbons (Fsp3) is 0.529. The summed E-state index contributed by atoms with van der Waals surface area (Å²) in [5, 5.41) is 12.2. The van der Waals surface area contributed by atoms with Crippen molar-refractivity contribution in [3.05, 3.63) is 23.8 Å². The smallest absolute Gasteiger partial charge is 0.242 e. The van der Waals surface area contributed by atoms with Gasteiger partial charge in [0.1, 0.15) is 0 Å².